The summed E-state index contributed by atoms with van der Waals surface area (Å²) in [6, 6.07) is 0. The van der Waals surface area contributed by atoms with E-state index < -0.39 is 12.6 Å². The molecule has 1 aromatic heterocycles. The minimum Gasteiger partial charge on any atom is -0.356 e. The fourth-order valence-corrected chi connectivity index (χ4v) is 2.63. The van der Waals surface area contributed by atoms with Crippen molar-refractivity contribution < 1.29 is 13.2 Å². The Kier molecular flexibility index (Phi) is 9.41. The first-order valence-electron chi connectivity index (χ1n) is 7.08. The molecule has 2 N–H and O–H groups in total. The van der Waals surface area contributed by atoms with Crippen LogP contribution in [0.25, 0.3) is 0 Å². The van der Waals surface area contributed by atoms with Crippen molar-refractivity contribution in [2.24, 2.45) is 4.99 Å². The predicted molar refractivity (Wildman–Crippen MR) is 100.0 cm³/mol. The minimum absolute atomic E-state index is 0. The molecule has 134 valence electrons. The zero-order chi connectivity index (χ0) is 16.8. The number of nitrogens with one attached hydrogen (secondary N) is 2. The summed E-state index contributed by atoms with van der Waals surface area (Å²) < 4.78 is 36.2. The first-order valence-corrected chi connectivity index (χ1v) is 7.96. The number of thiazole rings is 1. The van der Waals surface area contributed by atoms with E-state index in [1.165, 1.54) is 7.05 Å². The first-order chi connectivity index (χ1) is 10.1. The Balaban J connectivity index is 0.00000484. The van der Waals surface area contributed by atoms with E-state index in [1.54, 1.807) is 11.3 Å². The van der Waals surface area contributed by atoms with Crippen LogP contribution in [0.5, 0.6) is 0 Å². The lowest BCUT2D eigenvalue weighted by molar-refractivity contribution is -0.132. The third-order valence-corrected chi connectivity index (χ3v) is 3.78. The molecule has 1 aromatic rings. The second-order valence-corrected chi connectivity index (χ2v) is 6.86. The molecule has 1 rings (SSSR count). The maximum Gasteiger partial charge on any atom is 0.390 e. The Morgan fingerprint density at radius 2 is 1.83 bits per heavy atom. The Hall–Kier alpha value is -0.580. The van der Waals surface area contributed by atoms with E-state index in [0.29, 0.717) is 18.9 Å². The van der Waals surface area contributed by atoms with Crippen LogP contribution in [0.2, 0.25) is 0 Å². The molecule has 0 radical (unpaired) electrons. The number of hydrogen-bond donors (Lipinski definition) is 2. The highest BCUT2D eigenvalue weighted by atomic mass is 127. The number of alkyl halides is 3. The normalized spacial score (nSPS) is 12.7. The highest BCUT2D eigenvalue weighted by molar-refractivity contribution is 14.0. The molecule has 0 aliphatic rings. The Bertz CT molecular complexity index is 495. The van der Waals surface area contributed by atoms with Crippen molar-refractivity contribution >= 4 is 41.3 Å². The molecular formula is C14H24F3IN4S. The zero-order valence-corrected chi connectivity index (χ0v) is 16.9. The molecule has 0 unspecified atom stereocenters. The number of nitrogens with zero attached hydrogens (tertiary/aromatic N) is 2. The third-order valence-electron chi connectivity index (χ3n) is 2.88. The lowest BCUT2D eigenvalue weighted by Gasteiger charge is -2.14. The quantitative estimate of drug-likeness (QED) is 0.397. The lowest BCUT2D eigenvalue weighted by atomic mass is 9.93. The smallest absolute Gasteiger partial charge is 0.356 e. The summed E-state index contributed by atoms with van der Waals surface area (Å²) in [6.45, 7) is 6.71. The summed E-state index contributed by atoms with van der Waals surface area (Å²) in [5.74, 6) is 0.372. The fraction of sp³-hybridized carbons (Fsp3) is 0.714. The van der Waals surface area contributed by atoms with Crippen LogP contribution in [0.1, 0.15) is 37.9 Å². The van der Waals surface area contributed by atoms with Crippen molar-refractivity contribution in [3.8, 4) is 0 Å². The lowest BCUT2D eigenvalue weighted by Crippen LogP contribution is -2.39. The van der Waals surface area contributed by atoms with E-state index in [9.17, 15) is 13.2 Å². The summed E-state index contributed by atoms with van der Waals surface area (Å²) in [5.41, 5.74) is 1.08. The number of hydrogen-bond acceptors (Lipinski definition) is 3. The van der Waals surface area contributed by atoms with Gasteiger partial charge in [-0.05, 0) is 0 Å². The first kappa shape index (κ1) is 22.4. The van der Waals surface area contributed by atoms with Crippen LogP contribution in [0, 0.1) is 0 Å². The molecule has 0 amide bonds. The van der Waals surface area contributed by atoms with Gasteiger partial charge in [-0.25, -0.2) is 4.98 Å². The zero-order valence-electron chi connectivity index (χ0n) is 13.8. The number of rotatable bonds is 5. The molecule has 0 aliphatic heterocycles. The minimum atomic E-state index is -4.16. The number of halogens is 4. The topological polar surface area (TPSA) is 49.3 Å². The second-order valence-electron chi connectivity index (χ2n) is 5.92. The van der Waals surface area contributed by atoms with Gasteiger partial charge in [-0.1, -0.05) is 20.8 Å². The molecule has 1 heterocycles. The van der Waals surface area contributed by atoms with E-state index in [1.807, 2.05) is 5.38 Å². The van der Waals surface area contributed by atoms with Crippen LogP contribution in [0.15, 0.2) is 10.4 Å². The Morgan fingerprint density at radius 3 is 2.30 bits per heavy atom. The van der Waals surface area contributed by atoms with Gasteiger partial charge in [0.15, 0.2) is 5.96 Å². The van der Waals surface area contributed by atoms with Gasteiger partial charge in [0.2, 0.25) is 0 Å². The van der Waals surface area contributed by atoms with Crippen LogP contribution in [-0.2, 0) is 11.8 Å². The van der Waals surface area contributed by atoms with E-state index in [4.69, 9.17) is 0 Å². The molecular weight excluding hydrogens is 440 g/mol. The Morgan fingerprint density at radius 1 is 1.22 bits per heavy atom. The monoisotopic (exact) mass is 464 g/mol. The molecule has 0 saturated carbocycles. The maximum absolute atomic E-state index is 12.1. The van der Waals surface area contributed by atoms with E-state index in [-0.39, 0.29) is 35.9 Å². The van der Waals surface area contributed by atoms with Crippen LogP contribution in [-0.4, -0.2) is 37.3 Å². The standard InChI is InChI=1S/C14H23F3N4S.HI/c1-13(2,3)10-9-22-11(21-10)5-7-19-12(18-4)20-8-6-14(15,16)17;/h9H,5-8H2,1-4H3,(H2,18,19,20);1H. The molecule has 4 nitrogen and oxygen atoms in total. The van der Waals surface area contributed by atoms with Crippen LogP contribution in [0.3, 0.4) is 0 Å². The van der Waals surface area contributed by atoms with Gasteiger partial charge in [0.25, 0.3) is 0 Å². The number of guanidine groups is 1. The maximum atomic E-state index is 12.1. The highest BCUT2D eigenvalue weighted by Gasteiger charge is 2.26. The Labute approximate surface area is 156 Å². The molecule has 0 fully saturated rings. The fourth-order valence-electron chi connectivity index (χ4n) is 1.60. The second kappa shape index (κ2) is 9.65. The molecule has 23 heavy (non-hydrogen) atoms. The molecule has 0 atom stereocenters. The van der Waals surface area contributed by atoms with Gasteiger partial charge >= 0.3 is 6.18 Å². The summed E-state index contributed by atoms with van der Waals surface area (Å²) >= 11 is 1.60. The SMILES string of the molecule is CN=C(NCCc1nc(C(C)(C)C)cs1)NCCC(F)(F)F.I. The molecule has 0 saturated heterocycles. The molecule has 0 aromatic carbocycles. The van der Waals surface area contributed by atoms with Gasteiger partial charge in [0.1, 0.15) is 0 Å². The summed E-state index contributed by atoms with van der Waals surface area (Å²) in [7, 11) is 1.53. The van der Waals surface area contributed by atoms with Crippen LogP contribution < -0.4 is 10.6 Å². The molecule has 0 spiro atoms. The van der Waals surface area contributed by atoms with Gasteiger partial charge in [0.05, 0.1) is 17.1 Å². The van der Waals surface area contributed by atoms with Crippen molar-refractivity contribution in [1.82, 2.24) is 15.6 Å². The van der Waals surface area contributed by atoms with Crippen LogP contribution in [0.4, 0.5) is 13.2 Å². The molecule has 9 heteroatoms. The summed E-state index contributed by atoms with van der Waals surface area (Å²) in [5, 5.41) is 8.68. The summed E-state index contributed by atoms with van der Waals surface area (Å²) in [6.07, 6.45) is -4.33. The van der Waals surface area contributed by atoms with Gasteiger partial charge in [-0.3, -0.25) is 4.99 Å². The average Bonchev–Trinajstić information content (AvgIpc) is 2.84. The average molecular weight is 464 g/mol. The summed E-state index contributed by atoms with van der Waals surface area (Å²) in [4.78, 5) is 8.46. The number of aliphatic imine (C=N–C) groups is 1. The number of aromatic nitrogens is 1. The largest absolute Gasteiger partial charge is 0.390 e. The van der Waals surface area contributed by atoms with E-state index in [0.717, 1.165) is 10.7 Å². The van der Waals surface area contributed by atoms with Crippen LogP contribution >= 0.6 is 35.3 Å². The van der Waals surface area contributed by atoms with E-state index >= 15 is 0 Å². The van der Waals surface area contributed by atoms with Crippen molar-refractivity contribution in [3.63, 3.8) is 0 Å². The van der Waals surface area contributed by atoms with Crippen molar-refractivity contribution in [2.45, 2.75) is 45.2 Å². The third kappa shape index (κ3) is 9.33. The molecule has 0 aliphatic carbocycles. The van der Waals surface area contributed by atoms with Gasteiger partial charge < -0.3 is 10.6 Å². The van der Waals surface area contributed by atoms with E-state index in [2.05, 4.69) is 41.4 Å². The van der Waals surface area contributed by atoms with Gasteiger partial charge in [0, 0.05) is 37.4 Å². The van der Waals surface area contributed by atoms with Crippen molar-refractivity contribution in [1.29, 1.82) is 0 Å². The molecule has 0 bridgehead atoms. The van der Waals surface area contributed by atoms with Gasteiger partial charge in [-0.2, -0.15) is 13.2 Å². The van der Waals surface area contributed by atoms with Crippen molar-refractivity contribution in [2.75, 3.05) is 20.1 Å². The van der Waals surface area contributed by atoms with Crippen molar-refractivity contribution in [3.05, 3.63) is 16.1 Å². The highest BCUT2D eigenvalue weighted by Crippen LogP contribution is 2.23. The predicted octanol–water partition coefficient (Wildman–Crippen LogP) is 3.72. The van der Waals surface area contributed by atoms with Gasteiger partial charge in [-0.15, -0.1) is 35.3 Å².